The second-order valence-corrected chi connectivity index (χ2v) is 3.92. The number of rotatable bonds is 5. The summed E-state index contributed by atoms with van der Waals surface area (Å²) in [6.45, 7) is 5.47. The first kappa shape index (κ1) is 9.01. The maximum Gasteiger partial charge on any atom is 0.00739 e. The monoisotopic (exact) mass is 156 g/mol. The summed E-state index contributed by atoms with van der Waals surface area (Å²) in [5.74, 6) is 0.621. The van der Waals surface area contributed by atoms with Gasteiger partial charge in [0.15, 0.2) is 0 Å². The minimum atomic E-state index is 0.376. The van der Waals surface area contributed by atoms with Crippen molar-refractivity contribution < 1.29 is 0 Å². The van der Waals surface area contributed by atoms with Crippen LogP contribution in [0.25, 0.3) is 0 Å². The lowest BCUT2D eigenvalue weighted by atomic mass is 10.0. The Labute approximate surface area is 69.5 Å². The molecule has 0 aromatic carbocycles. The Morgan fingerprint density at radius 1 is 1.45 bits per heavy atom. The van der Waals surface area contributed by atoms with Gasteiger partial charge in [-0.1, -0.05) is 13.8 Å². The van der Waals surface area contributed by atoms with Crippen molar-refractivity contribution in [1.29, 1.82) is 0 Å². The first-order valence-electron chi connectivity index (χ1n) is 4.69. The number of hydrogen-bond acceptors (Lipinski definition) is 2. The lowest BCUT2D eigenvalue weighted by Gasteiger charge is -2.15. The number of nitrogens with one attached hydrogen (secondary N) is 1. The van der Waals surface area contributed by atoms with Gasteiger partial charge in [-0.2, -0.15) is 0 Å². The van der Waals surface area contributed by atoms with E-state index in [2.05, 4.69) is 19.2 Å². The molecule has 1 aliphatic carbocycles. The van der Waals surface area contributed by atoms with Crippen LogP contribution in [-0.4, -0.2) is 18.6 Å². The molecular formula is C9H20N2. The van der Waals surface area contributed by atoms with E-state index in [-0.39, 0.29) is 0 Å². The Kier molecular flexibility index (Phi) is 3.34. The molecule has 3 N–H and O–H groups in total. The zero-order chi connectivity index (χ0) is 8.27. The highest BCUT2D eigenvalue weighted by Crippen LogP contribution is 2.18. The molecule has 0 aliphatic heterocycles. The predicted molar refractivity (Wildman–Crippen MR) is 48.5 cm³/mol. The van der Waals surface area contributed by atoms with E-state index < -0.39 is 0 Å². The fourth-order valence-electron chi connectivity index (χ4n) is 1.07. The SMILES string of the molecule is CC(C)C(N)CCNC1CC1. The van der Waals surface area contributed by atoms with E-state index in [0.29, 0.717) is 12.0 Å². The van der Waals surface area contributed by atoms with Gasteiger partial charge >= 0.3 is 0 Å². The molecule has 1 rings (SSSR count). The average molecular weight is 156 g/mol. The van der Waals surface area contributed by atoms with E-state index >= 15 is 0 Å². The molecule has 1 saturated carbocycles. The maximum absolute atomic E-state index is 5.88. The lowest BCUT2D eigenvalue weighted by molar-refractivity contribution is 0.449. The molecule has 0 saturated heterocycles. The van der Waals surface area contributed by atoms with Crippen molar-refractivity contribution in [3.8, 4) is 0 Å². The molecule has 0 spiro atoms. The Morgan fingerprint density at radius 3 is 2.55 bits per heavy atom. The number of nitrogens with two attached hydrogens (primary N) is 1. The first-order valence-corrected chi connectivity index (χ1v) is 4.69. The van der Waals surface area contributed by atoms with Crippen LogP contribution in [-0.2, 0) is 0 Å². The van der Waals surface area contributed by atoms with Crippen LogP contribution in [0.3, 0.4) is 0 Å². The minimum Gasteiger partial charge on any atom is -0.327 e. The van der Waals surface area contributed by atoms with Gasteiger partial charge in [-0.05, 0) is 31.7 Å². The smallest absolute Gasteiger partial charge is 0.00739 e. The molecule has 0 aromatic heterocycles. The second-order valence-electron chi connectivity index (χ2n) is 3.92. The van der Waals surface area contributed by atoms with Crippen molar-refractivity contribution in [1.82, 2.24) is 5.32 Å². The average Bonchev–Trinajstić information content (AvgIpc) is 2.71. The zero-order valence-electron chi connectivity index (χ0n) is 7.64. The van der Waals surface area contributed by atoms with Gasteiger partial charge in [-0.3, -0.25) is 0 Å². The molecule has 0 radical (unpaired) electrons. The highest BCUT2D eigenvalue weighted by Gasteiger charge is 2.20. The first-order chi connectivity index (χ1) is 5.20. The van der Waals surface area contributed by atoms with Gasteiger partial charge in [0.1, 0.15) is 0 Å². The van der Waals surface area contributed by atoms with Crippen molar-refractivity contribution in [2.75, 3.05) is 6.54 Å². The summed E-state index contributed by atoms with van der Waals surface area (Å²) in [6.07, 6.45) is 3.86. The van der Waals surface area contributed by atoms with Crippen molar-refractivity contribution in [3.63, 3.8) is 0 Å². The summed E-state index contributed by atoms with van der Waals surface area (Å²) in [4.78, 5) is 0. The molecule has 0 aromatic rings. The molecule has 0 amide bonds. The molecule has 2 heteroatoms. The van der Waals surface area contributed by atoms with E-state index in [1.807, 2.05) is 0 Å². The van der Waals surface area contributed by atoms with Gasteiger partial charge in [0, 0.05) is 12.1 Å². The summed E-state index contributed by atoms with van der Waals surface area (Å²) in [5.41, 5.74) is 5.88. The van der Waals surface area contributed by atoms with Crippen molar-refractivity contribution >= 4 is 0 Å². The van der Waals surface area contributed by atoms with Crippen molar-refractivity contribution in [2.24, 2.45) is 11.7 Å². The summed E-state index contributed by atoms with van der Waals surface area (Å²) in [7, 11) is 0. The van der Waals surface area contributed by atoms with Gasteiger partial charge in [-0.15, -0.1) is 0 Å². The molecule has 2 nitrogen and oxygen atoms in total. The number of hydrogen-bond donors (Lipinski definition) is 2. The fourth-order valence-corrected chi connectivity index (χ4v) is 1.07. The van der Waals surface area contributed by atoms with Crippen molar-refractivity contribution in [2.45, 2.75) is 45.2 Å². The standard InChI is InChI=1S/C9H20N2/c1-7(2)9(10)5-6-11-8-3-4-8/h7-9,11H,3-6,10H2,1-2H3. The van der Waals surface area contributed by atoms with Crippen LogP contribution in [0.5, 0.6) is 0 Å². The largest absolute Gasteiger partial charge is 0.327 e. The molecule has 11 heavy (non-hydrogen) atoms. The van der Waals surface area contributed by atoms with E-state index in [1.165, 1.54) is 12.8 Å². The molecule has 1 aliphatic rings. The van der Waals surface area contributed by atoms with Gasteiger partial charge in [0.05, 0.1) is 0 Å². The van der Waals surface area contributed by atoms with Gasteiger partial charge in [0.25, 0.3) is 0 Å². The quantitative estimate of drug-likeness (QED) is 0.626. The van der Waals surface area contributed by atoms with Crippen LogP contribution in [0.15, 0.2) is 0 Å². The zero-order valence-corrected chi connectivity index (χ0v) is 7.64. The third-order valence-electron chi connectivity index (χ3n) is 2.34. The lowest BCUT2D eigenvalue weighted by Crippen LogP contribution is -2.31. The van der Waals surface area contributed by atoms with Crippen LogP contribution >= 0.6 is 0 Å². The third kappa shape index (κ3) is 3.73. The summed E-state index contributed by atoms with van der Waals surface area (Å²) >= 11 is 0. The summed E-state index contributed by atoms with van der Waals surface area (Å²) < 4.78 is 0. The Morgan fingerprint density at radius 2 is 2.09 bits per heavy atom. The maximum atomic E-state index is 5.88. The molecule has 0 bridgehead atoms. The minimum absolute atomic E-state index is 0.376. The molecule has 1 unspecified atom stereocenters. The normalized spacial score (nSPS) is 20.7. The van der Waals surface area contributed by atoms with Crippen LogP contribution in [0.1, 0.15) is 33.1 Å². The molecular weight excluding hydrogens is 136 g/mol. The highest BCUT2D eigenvalue weighted by atomic mass is 14.9. The van der Waals surface area contributed by atoms with Gasteiger partial charge < -0.3 is 11.1 Å². The van der Waals surface area contributed by atoms with E-state index in [4.69, 9.17) is 5.73 Å². The van der Waals surface area contributed by atoms with Gasteiger partial charge in [0.2, 0.25) is 0 Å². The highest BCUT2D eigenvalue weighted by molar-refractivity contribution is 4.81. The van der Waals surface area contributed by atoms with Crippen LogP contribution < -0.4 is 11.1 Å². The Balaban J connectivity index is 1.92. The summed E-state index contributed by atoms with van der Waals surface area (Å²) in [5, 5.41) is 3.46. The van der Waals surface area contributed by atoms with E-state index in [0.717, 1.165) is 19.0 Å². The third-order valence-corrected chi connectivity index (χ3v) is 2.34. The van der Waals surface area contributed by atoms with E-state index in [1.54, 1.807) is 0 Å². The fraction of sp³-hybridized carbons (Fsp3) is 1.00. The predicted octanol–water partition coefficient (Wildman–Crippen LogP) is 1.11. The topological polar surface area (TPSA) is 38.0 Å². The Hall–Kier alpha value is -0.0800. The second kappa shape index (κ2) is 4.07. The van der Waals surface area contributed by atoms with E-state index in [9.17, 15) is 0 Å². The van der Waals surface area contributed by atoms with Crippen molar-refractivity contribution in [3.05, 3.63) is 0 Å². The molecule has 1 fully saturated rings. The summed E-state index contributed by atoms with van der Waals surface area (Å²) in [6, 6.07) is 1.20. The molecule has 1 atom stereocenters. The Bertz CT molecular complexity index is 108. The molecule has 0 heterocycles. The van der Waals surface area contributed by atoms with Gasteiger partial charge in [-0.25, -0.2) is 0 Å². The van der Waals surface area contributed by atoms with Crippen LogP contribution in [0.4, 0.5) is 0 Å². The van der Waals surface area contributed by atoms with Crippen LogP contribution in [0, 0.1) is 5.92 Å². The van der Waals surface area contributed by atoms with Crippen LogP contribution in [0.2, 0.25) is 0 Å². The molecule has 66 valence electrons.